The minimum atomic E-state index is -0.0794. The maximum Gasteiger partial charge on any atom is 0.285 e. The van der Waals surface area contributed by atoms with Gasteiger partial charge >= 0.3 is 0 Å². The largest absolute Gasteiger partial charge is 0.497 e. The Kier molecular flexibility index (Phi) is 5.86. The number of carbonyl (C=O) groups is 2. The molecule has 0 atom stereocenters. The highest BCUT2D eigenvalue weighted by Crippen LogP contribution is 2.11. The van der Waals surface area contributed by atoms with Crippen LogP contribution < -0.4 is 14.6 Å². The molecule has 0 bridgehead atoms. The molecule has 0 saturated carbocycles. The standard InChI is InChI=1S/C18H20N2O3/c1-14(21)16-4-3-11-20(12-16)13-18(22)19-10-9-15-5-7-17(23-2)8-6-15/h3-8,11-12H,9-10,13H2,1-2H3/p+1. The number of benzene rings is 1. The summed E-state index contributed by atoms with van der Waals surface area (Å²) in [4.78, 5) is 23.3. The van der Waals surface area contributed by atoms with Gasteiger partial charge in [0.05, 0.1) is 12.7 Å². The van der Waals surface area contributed by atoms with Gasteiger partial charge in [0.15, 0.2) is 18.2 Å². The summed E-state index contributed by atoms with van der Waals surface area (Å²) in [5, 5.41) is 2.88. The van der Waals surface area contributed by atoms with Crippen molar-refractivity contribution in [1.82, 2.24) is 5.32 Å². The Hall–Kier alpha value is -2.69. The fourth-order valence-electron chi connectivity index (χ4n) is 2.19. The molecule has 0 saturated heterocycles. The van der Waals surface area contributed by atoms with E-state index in [1.165, 1.54) is 6.92 Å². The van der Waals surface area contributed by atoms with Crippen molar-refractivity contribution in [2.75, 3.05) is 13.7 Å². The summed E-state index contributed by atoms with van der Waals surface area (Å²) in [5.74, 6) is 0.725. The summed E-state index contributed by atoms with van der Waals surface area (Å²) >= 11 is 0. The van der Waals surface area contributed by atoms with Crippen molar-refractivity contribution >= 4 is 11.7 Å². The lowest BCUT2D eigenvalue weighted by Gasteiger charge is -2.05. The minimum absolute atomic E-state index is 0.0146. The number of ketones is 1. The number of carbonyl (C=O) groups excluding carboxylic acids is 2. The molecule has 120 valence electrons. The first-order chi connectivity index (χ1) is 11.1. The normalized spacial score (nSPS) is 10.2. The van der Waals surface area contributed by atoms with E-state index in [-0.39, 0.29) is 18.2 Å². The van der Waals surface area contributed by atoms with Crippen molar-refractivity contribution < 1.29 is 18.9 Å². The third-order valence-electron chi connectivity index (χ3n) is 3.49. The van der Waals surface area contributed by atoms with Gasteiger partial charge in [0, 0.05) is 12.6 Å². The van der Waals surface area contributed by atoms with Crippen LogP contribution in [0.3, 0.4) is 0 Å². The SMILES string of the molecule is COc1ccc(CCNC(=O)C[n+]2cccc(C(C)=O)c2)cc1. The number of rotatable bonds is 7. The quantitative estimate of drug-likeness (QED) is 0.623. The maximum atomic E-state index is 11.9. The smallest absolute Gasteiger partial charge is 0.285 e. The third-order valence-corrected chi connectivity index (χ3v) is 3.49. The molecule has 0 aliphatic heterocycles. The van der Waals surface area contributed by atoms with E-state index in [1.807, 2.05) is 24.3 Å². The first-order valence-corrected chi connectivity index (χ1v) is 7.48. The van der Waals surface area contributed by atoms with E-state index in [0.717, 1.165) is 17.7 Å². The topological polar surface area (TPSA) is 59.3 Å². The number of amides is 1. The number of methoxy groups -OCH3 is 1. The lowest BCUT2D eigenvalue weighted by Crippen LogP contribution is -2.43. The second kappa shape index (κ2) is 8.08. The molecule has 1 heterocycles. The van der Waals surface area contributed by atoms with Crippen LogP contribution >= 0.6 is 0 Å². The van der Waals surface area contributed by atoms with Crippen LogP contribution in [0.25, 0.3) is 0 Å². The zero-order valence-corrected chi connectivity index (χ0v) is 13.4. The molecule has 1 amide bonds. The number of aromatic nitrogens is 1. The number of ether oxygens (including phenoxy) is 1. The Labute approximate surface area is 135 Å². The van der Waals surface area contributed by atoms with Crippen molar-refractivity contribution in [1.29, 1.82) is 0 Å². The highest BCUT2D eigenvalue weighted by Gasteiger charge is 2.11. The van der Waals surface area contributed by atoms with E-state index in [4.69, 9.17) is 4.74 Å². The Morgan fingerprint density at radius 3 is 2.57 bits per heavy atom. The zero-order chi connectivity index (χ0) is 16.7. The molecular formula is C18H21N2O3+. The van der Waals surface area contributed by atoms with Gasteiger partial charge in [-0.2, -0.15) is 4.57 Å². The summed E-state index contributed by atoms with van der Waals surface area (Å²) in [7, 11) is 1.63. The molecule has 0 aliphatic rings. The summed E-state index contributed by atoms with van der Waals surface area (Å²) in [6.07, 6.45) is 4.22. The van der Waals surface area contributed by atoms with Crippen LogP contribution in [0.5, 0.6) is 5.75 Å². The Balaban J connectivity index is 1.80. The highest BCUT2D eigenvalue weighted by molar-refractivity contribution is 5.93. The van der Waals surface area contributed by atoms with Crippen LogP contribution in [0, 0.1) is 0 Å². The van der Waals surface area contributed by atoms with Crippen LogP contribution in [0.2, 0.25) is 0 Å². The zero-order valence-electron chi connectivity index (χ0n) is 13.4. The summed E-state index contributed by atoms with van der Waals surface area (Å²) in [6, 6.07) is 11.3. The van der Waals surface area contributed by atoms with Gasteiger partial charge in [-0.1, -0.05) is 12.1 Å². The summed E-state index contributed by atoms with van der Waals surface area (Å²) < 4.78 is 6.82. The van der Waals surface area contributed by atoms with Gasteiger partial charge in [-0.25, -0.2) is 0 Å². The monoisotopic (exact) mass is 313 g/mol. The van der Waals surface area contributed by atoms with Crippen LogP contribution in [0.4, 0.5) is 0 Å². The first kappa shape index (κ1) is 16.7. The molecule has 5 heteroatoms. The number of nitrogens with one attached hydrogen (secondary N) is 1. The van der Waals surface area contributed by atoms with Crippen molar-refractivity contribution in [3.63, 3.8) is 0 Å². The van der Waals surface area contributed by atoms with Crippen molar-refractivity contribution in [2.24, 2.45) is 0 Å². The summed E-state index contributed by atoms with van der Waals surface area (Å²) in [5.41, 5.74) is 1.73. The maximum absolute atomic E-state index is 11.9. The van der Waals surface area contributed by atoms with Crippen LogP contribution in [-0.2, 0) is 17.8 Å². The molecule has 2 aromatic rings. The predicted octanol–water partition coefficient (Wildman–Crippen LogP) is 1.54. The van der Waals surface area contributed by atoms with Gasteiger partial charge in [0.25, 0.3) is 5.91 Å². The molecule has 2 rings (SSSR count). The molecule has 0 fully saturated rings. The molecular weight excluding hydrogens is 292 g/mol. The molecule has 0 radical (unpaired) electrons. The molecule has 0 aliphatic carbocycles. The van der Waals surface area contributed by atoms with Gasteiger partial charge in [0.1, 0.15) is 5.75 Å². The van der Waals surface area contributed by atoms with E-state index >= 15 is 0 Å². The fourth-order valence-corrected chi connectivity index (χ4v) is 2.19. The average molecular weight is 313 g/mol. The molecule has 23 heavy (non-hydrogen) atoms. The van der Waals surface area contributed by atoms with Crippen molar-refractivity contribution in [3.8, 4) is 5.75 Å². The number of pyridine rings is 1. The van der Waals surface area contributed by atoms with Crippen LogP contribution in [0.1, 0.15) is 22.8 Å². The third kappa shape index (κ3) is 5.21. The van der Waals surface area contributed by atoms with E-state index in [9.17, 15) is 9.59 Å². The lowest BCUT2D eigenvalue weighted by atomic mass is 10.1. The predicted molar refractivity (Wildman–Crippen MR) is 86.3 cm³/mol. The van der Waals surface area contributed by atoms with E-state index in [2.05, 4.69) is 5.32 Å². The average Bonchev–Trinajstić information content (AvgIpc) is 2.55. The molecule has 0 unspecified atom stereocenters. The van der Waals surface area contributed by atoms with Gasteiger partial charge in [-0.05, 0) is 37.1 Å². The van der Waals surface area contributed by atoms with E-state index in [1.54, 1.807) is 36.2 Å². The fraction of sp³-hybridized carbons (Fsp3) is 0.278. The Bertz CT molecular complexity index is 681. The van der Waals surface area contributed by atoms with Gasteiger partial charge in [-0.15, -0.1) is 0 Å². The van der Waals surface area contributed by atoms with E-state index < -0.39 is 0 Å². The second-order valence-electron chi connectivity index (χ2n) is 5.27. The Morgan fingerprint density at radius 2 is 1.91 bits per heavy atom. The van der Waals surface area contributed by atoms with Gasteiger partial charge in [0.2, 0.25) is 6.54 Å². The molecule has 1 aromatic carbocycles. The van der Waals surface area contributed by atoms with Crippen molar-refractivity contribution in [3.05, 3.63) is 59.9 Å². The van der Waals surface area contributed by atoms with Crippen molar-refractivity contribution in [2.45, 2.75) is 19.9 Å². The van der Waals surface area contributed by atoms with Crippen LogP contribution in [-0.4, -0.2) is 25.3 Å². The van der Waals surface area contributed by atoms with Gasteiger partial charge < -0.3 is 10.1 Å². The number of Topliss-reactive ketones (excluding diaryl/α,β-unsaturated/α-hetero) is 1. The highest BCUT2D eigenvalue weighted by atomic mass is 16.5. The Morgan fingerprint density at radius 1 is 1.17 bits per heavy atom. The number of hydrogen-bond acceptors (Lipinski definition) is 3. The van der Waals surface area contributed by atoms with Gasteiger partial charge in [-0.3, -0.25) is 9.59 Å². The first-order valence-electron chi connectivity index (χ1n) is 7.48. The minimum Gasteiger partial charge on any atom is -0.497 e. The number of hydrogen-bond donors (Lipinski definition) is 1. The molecule has 0 spiro atoms. The molecule has 1 N–H and O–H groups in total. The molecule has 1 aromatic heterocycles. The second-order valence-corrected chi connectivity index (χ2v) is 5.27. The van der Waals surface area contributed by atoms with E-state index in [0.29, 0.717) is 12.1 Å². The summed E-state index contributed by atoms with van der Waals surface area (Å²) in [6.45, 7) is 2.27. The van der Waals surface area contributed by atoms with Crippen LogP contribution in [0.15, 0.2) is 48.8 Å². The molecule has 5 nitrogen and oxygen atoms in total. The number of nitrogens with zero attached hydrogens (tertiary/aromatic N) is 1. The lowest BCUT2D eigenvalue weighted by molar-refractivity contribution is -0.684.